The zero-order valence-corrected chi connectivity index (χ0v) is 11.6. The molecule has 10 heteroatoms. The molecular weight excluding hydrogens is 288 g/mol. The van der Waals surface area contributed by atoms with Crippen molar-refractivity contribution >= 4 is 27.3 Å². The molecule has 0 aliphatic rings. The lowest BCUT2D eigenvalue weighted by molar-refractivity contribution is -0.383. The van der Waals surface area contributed by atoms with Gasteiger partial charge < -0.3 is 11.1 Å². The summed E-state index contributed by atoms with van der Waals surface area (Å²) in [6, 6.07) is 2.03. The fraction of sp³-hybridized carbons (Fsp3) is 0.300. The first kappa shape index (κ1) is 15.9. The van der Waals surface area contributed by atoms with E-state index < -0.39 is 26.9 Å². The highest BCUT2D eigenvalue weighted by Gasteiger charge is 2.23. The summed E-state index contributed by atoms with van der Waals surface area (Å²) in [5, 5.41) is 12.9. The second kappa shape index (κ2) is 5.84. The number of hydrogen-bond acceptors (Lipinski definition) is 6. The molecule has 0 heterocycles. The molecule has 0 spiro atoms. The number of amides is 1. The van der Waals surface area contributed by atoms with E-state index in [1.165, 1.54) is 14.0 Å². The number of nitrogens with zero attached hydrogens (tertiary/aromatic N) is 1. The fourth-order valence-corrected chi connectivity index (χ4v) is 2.67. The molecule has 0 radical (unpaired) electrons. The molecule has 0 fully saturated rings. The zero-order valence-electron chi connectivity index (χ0n) is 10.8. The van der Waals surface area contributed by atoms with Gasteiger partial charge in [-0.25, -0.2) is 8.42 Å². The molecule has 0 aliphatic carbocycles. The average Bonchev–Trinajstić information content (AvgIpc) is 2.36. The van der Waals surface area contributed by atoms with Crippen LogP contribution < -0.4 is 15.8 Å². The molecule has 0 aliphatic heterocycles. The number of nitro groups is 1. The number of nitrogens with two attached hydrogens (primary N) is 1. The van der Waals surface area contributed by atoms with Gasteiger partial charge in [0.15, 0.2) is 0 Å². The van der Waals surface area contributed by atoms with Gasteiger partial charge in [0.2, 0.25) is 15.9 Å². The Morgan fingerprint density at radius 3 is 2.50 bits per heavy atom. The molecule has 0 saturated heterocycles. The Kier molecular flexibility index (Phi) is 4.63. The van der Waals surface area contributed by atoms with Crippen LogP contribution >= 0.6 is 0 Å². The quantitative estimate of drug-likeness (QED) is 0.383. The van der Waals surface area contributed by atoms with Gasteiger partial charge in [0.25, 0.3) is 5.69 Å². The van der Waals surface area contributed by atoms with E-state index >= 15 is 0 Å². The first-order valence-corrected chi connectivity index (χ1v) is 6.95. The number of hydrogen-bond donors (Lipinski definition) is 3. The molecule has 20 heavy (non-hydrogen) atoms. The Morgan fingerprint density at radius 1 is 1.45 bits per heavy atom. The number of nitrogen functional groups attached to an aromatic ring is 1. The monoisotopic (exact) mass is 302 g/mol. The van der Waals surface area contributed by atoms with E-state index in [-0.39, 0.29) is 16.3 Å². The largest absolute Gasteiger partial charge is 0.393 e. The fourth-order valence-electron chi connectivity index (χ4n) is 1.44. The molecule has 1 unspecified atom stereocenters. The summed E-state index contributed by atoms with van der Waals surface area (Å²) in [6.07, 6.45) is 0. The third-order valence-corrected chi connectivity index (χ3v) is 4.02. The van der Waals surface area contributed by atoms with Gasteiger partial charge in [0.1, 0.15) is 5.69 Å². The van der Waals surface area contributed by atoms with Crippen molar-refractivity contribution in [1.29, 1.82) is 0 Å². The maximum absolute atomic E-state index is 12.0. The van der Waals surface area contributed by atoms with Gasteiger partial charge in [-0.2, -0.15) is 4.72 Å². The predicted octanol–water partition coefficient (Wildman–Crippen LogP) is -0.410. The van der Waals surface area contributed by atoms with Crippen LogP contribution in [-0.4, -0.2) is 32.3 Å². The van der Waals surface area contributed by atoms with E-state index in [4.69, 9.17) is 5.73 Å². The van der Waals surface area contributed by atoms with Crippen LogP contribution in [0.1, 0.15) is 6.92 Å². The van der Waals surface area contributed by atoms with Crippen molar-refractivity contribution < 1.29 is 18.1 Å². The van der Waals surface area contributed by atoms with Gasteiger partial charge in [-0.1, -0.05) is 0 Å². The zero-order chi connectivity index (χ0) is 15.5. The summed E-state index contributed by atoms with van der Waals surface area (Å²) in [5.41, 5.74) is 4.76. The average molecular weight is 302 g/mol. The number of likely N-dealkylation sites (N-methyl/N-ethyl adjacent to an activating group) is 1. The lowest BCUT2D eigenvalue weighted by Crippen LogP contribution is -2.43. The van der Waals surface area contributed by atoms with Gasteiger partial charge in [-0.3, -0.25) is 14.9 Å². The van der Waals surface area contributed by atoms with Gasteiger partial charge >= 0.3 is 0 Å². The topological polar surface area (TPSA) is 144 Å². The Morgan fingerprint density at radius 2 is 2.05 bits per heavy atom. The molecule has 4 N–H and O–H groups in total. The van der Waals surface area contributed by atoms with Crippen molar-refractivity contribution in [3.63, 3.8) is 0 Å². The number of carbonyl (C=O) groups excluding carboxylic acids is 1. The van der Waals surface area contributed by atoms with E-state index in [0.717, 1.165) is 18.2 Å². The van der Waals surface area contributed by atoms with Crippen molar-refractivity contribution in [1.82, 2.24) is 10.0 Å². The normalized spacial score (nSPS) is 12.7. The highest BCUT2D eigenvalue weighted by atomic mass is 32.2. The minimum Gasteiger partial charge on any atom is -0.393 e. The maximum atomic E-state index is 12.0. The summed E-state index contributed by atoms with van der Waals surface area (Å²) in [4.78, 5) is 20.9. The van der Waals surface area contributed by atoms with Crippen LogP contribution in [0.5, 0.6) is 0 Å². The molecular formula is C10H14N4O5S. The highest BCUT2D eigenvalue weighted by Crippen LogP contribution is 2.24. The first-order chi connectivity index (χ1) is 9.19. The number of rotatable bonds is 5. The van der Waals surface area contributed by atoms with Crippen LogP contribution in [0.3, 0.4) is 0 Å². The molecule has 1 amide bonds. The molecule has 9 nitrogen and oxygen atoms in total. The third-order valence-electron chi connectivity index (χ3n) is 2.48. The van der Waals surface area contributed by atoms with Gasteiger partial charge in [0, 0.05) is 13.1 Å². The predicted molar refractivity (Wildman–Crippen MR) is 71.4 cm³/mol. The molecule has 1 aromatic rings. The van der Waals surface area contributed by atoms with E-state index in [9.17, 15) is 23.3 Å². The van der Waals surface area contributed by atoms with Crippen LogP contribution in [0.4, 0.5) is 11.4 Å². The Labute approximate surface area is 115 Å². The molecule has 0 saturated carbocycles. The van der Waals surface area contributed by atoms with Crippen molar-refractivity contribution in [2.75, 3.05) is 12.8 Å². The third kappa shape index (κ3) is 3.42. The highest BCUT2D eigenvalue weighted by molar-refractivity contribution is 7.89. The molecule has 1 rings (SSSR count). The number of sulfonamides is 1. The Bertz CT molecular complexity index is 643. The summed E-state index contributed by atoms with van der Waals surface area (Å²) in [7, 11) is -2.62. The Balaban J connectivity index is 3.08. The standard InChI is InChI=1S/C10H14N4O5S/c1-6(10(15)12-2)13-20(18,19)7-3-4-9(14(16)17)8(11)5-7/h3-6,13H,11H2,1-2H3,(H,12,15). The van der Waals surface area contributed by atoms with E-state index in [1.807, 2.05) is 0 Å². The second-order valence-electron chi connectivity index (χ2n) is 3.93. The number of nitro benzene ring substituents is 1. The summed E-state index contributed by atoms with van der Waals surface area (Å²) < 4.78 is 26.1. The molecule has 0 bridgehead atoms. The molecule has 1 atom stereocenters. The van der Waals surface area contributed by atoms with Crippen molar-refractivity contribution in [2.45, 2.75) is 17.9 Å². The van der Waals surface area contributed by atoms with Gasteiger partial charge in [-0.05, 0) is 19.1 Å². The van der Waals surface area contributed by atoms with Gasteiger partial charge in [-0.15, -0.1) is 0 Å². The van der Waals surface area contributed by atoms with Crippen molar-refractivity contribution in [3.05, 3.63) is 28.3 Å². The Hall–Kier alpha value is -2.20. The first-order valence-electron chi connectivity index (χ1n) is 5.47. The molecule has 1 aromatic carbocycles. The van der Waals surface area contributed by atoms with Crippen LogP contribution in [-0.2, 0) is 14.8 Å². The number of benzene rings is 1. The van der Waals surface area contributed by atoms with E-state index in [2.05, 4.69) is 10.0 Å². The molecule has 110 valence electrons. The van der Waals surface area contributed by atoms with Crippen LogP contribution in [0.2, 0.25) is 0 Å². The van der Waals surface area contributed by atoms with E-state index in [1.54, 1.807) is 0 Å². The van der Waals surface area contributed by atoms with E-state index in [0.29, 0.717) is 0 Å². The second-order valence-corrected chi connectivity index (χ2v) is 5.65. The minimum absolute atomic E-state index is 0.253. The lowest BCUT2D eigenvalue weighted by Gasteiger charge is -2.13. The summed E-state index contributed by atoms with van der Waals surface area (Å²) in [6.45, 7) is 1.37. The van der Waals surface area contributed by atoms with Gasteiger partial charge in [0.05, 0.1) is 15.9 Å². The van der Waals surface area contributed by atoms with Crippen molar-refractivity contribution in [3.8, 4) is 0 Å². The van der Waals surface area contributed by atoms with Crippen LogP contribution in [0.15, 0.2) is 23.1 Å². The SMILES string of the molecule is CNC(=O)C(C)NS(=O)(=O)c1ccc([N+](=O)[O-])c(N)c1. The minimum atomic E-state index is -3.99. The van der Waals surface area contributed by atoms with Crippen LogP contribution in [0.25, 0.3) is 0 Å². The summed E-state index contributed by atoms with van der Waals surface area (Å²) >= 11 is 0. The van der Waals surface area contributed by atoms with Crippen molar-refractivity contribution in [2.24, 2.45) is 0 Å². The number of anilines is 1. The smallest absolute Gasteiger partial charge is 0.292 e. The van der Waals surface area contributed by atoms with Crippen LogP contribution in [0, 0.1) is 10.1 Å². The summed E-state index contributed by atoms with van der Waals surface area (Å²) in [5.74, 6) is -0.511. The number of nitrogens with one attached hydrogen (secondary N) is 2. The maximum Gasteiger partial charge on any atom is 0.292 e. The number of carbonyl (C=O) groups is 1. The molecule has 0 aromatic heterocycles. The lowest BCUT2D eigenvalue weighted by atomic mass is 10.3.